The van der Waals surface area contributed by atoms with Crippen molar-refractivity contribution in [3.05, 3.63) is 12.5 Å². The highest BCUT2D eigenvalue weighted by Gasteiger charge is 2.24. The summed E-state index contributed by atoms with van der Waals surface area (Å²) in [5, 5.41) is 0.0852. The molecule has 0 saturated heterocycles. The van der Waals surface area contributed by atoms with Crippen LogP contribution >= 0.6 is 0 Å². The first-order valence-electron chi connectivity index (χ1n) is 4.91. The maximum atomic E-state index is 11.8. The molecule has 0 aliphatic heterocycles. The Labute approximate surface area is 96.1 Å². The second-order valence-corrected chi connectivity index (χ2v) is 6.18. The van der Waals surface area contributed by atoms with Gasteiger partial charge in [-0.15, -0.1) is 0 Å². The fourth-order valence-corrected chi connectivity index (χ4v) is 2.00. The number of aromatic nitrogens is 2. The van der Waals surface area contributed by atoms with E-state index in [9.17, 15) is 8.42 Å². The zero-order valence-corrected chi connectivity index (χ0v) is 10.8. The van der Waals surface area contributed by atoms with E-state index in [4.69, 9.17) is 0 Å². The van der Waals surface area contributed by atoms with Crippen LogP contribution in [-0.2, 0) is 10.0 Å². The number of nitrogens with one attached hydrogen (secondary N) is 2. The van der Waals surface area contributed by atoms with E-state index in [1.165, 1.54) is 12.5 Å². The van der Waals surface area contributed by atoms with E-state index in [1.807, 2.05) is 32.8 Å². The Bertz CT molecular complexity index is 422. The summed E-state index contributed by atoms with van der Waals surface area (Å²) in [5.41, 5.74) is -0.243. The standard InChI is InChI=1S/C9H18N4O2S/c1-9(2,13(3)4)6-12-16(14,15)8-5-10-7-11-8/h5,7,12H,6H2,1-4H3,(H,10,11). The molecule has 0 saturated carbocycles. The zero-order chi connectivity index (χ0) is 12.4. The second-order valence-electron chi connectivity index (χ2n) is 4.45. The molecule has 0 aliphatic carbocycles. The summed E-state index contributed by atoms with van der Waals surface area (Å²) in [7, 11) is 0.336. The van der Waals surface area contributed by atoms with Gasteiger partial charge in [-0.3, -0.25) is 0 Å². The van der Waals surface area contributed by atoms with Crippen molar-refractivity contribution in [1.82, 2.24) is 19.6 Å². The molecule has 0 atom stereocenters. The summed E-state index contributed by atoms with van der Waals surface area (Å²) in [4.78, 5) is 8.21. The van der Waals surface area contributed by atoms with Gasteiger partial charge in [0.15, 0.2) is 5.03 Å². The molecule has 2 N–H and O–H groups in total. The molecule has 0 radical (unpaired) electrons. The highest BCUT2D eigenvalue weighted by molar-refractivity contribution is 7.89. The summed E-state index contributed by atoms with van der Waals surface area (Å²) in [6.07, 6.45) is 2.62. The molecule has 1 heterocycles. The first kappa shape index (κ1) is 13.1. The van der Waals surface area contributed by atoms with Crippen LogP contribution in [0.4, 0.5) is 0 Å². The van der Waals surface area contributed by atoms with Crippen LogP contribution in [0.2, 0.25) is 0 Å². The number of hydrogen-bond donors (Lipinski definition) is 2. The van der Waals surface area contributed by atoms with Crippen molar-refractivity contribution < 1.29 is 8.42 Å². The van der Waals surface area contributed by atoms with Crippen LogP contribution in [0.3, 0.4) is 0 Å². The molecule has 1 rings (SSSR count). The first-order chi connectivity index (χ1) is 7.26. The minimum atomic E-state index is -3.48. The van der Waals surface area contributed by atoms with Gasteiger partial charge in [-0.25, -0.2) is 18.1 Å². The number of nitrogens with zero attached hydrogens (tertiary/aromatic N) is 2. The van der Waals surface area contributed by atoms with Gasteiger partial charge in [-0.05, 0) is 27.9 Å². The monoisotopic (exact) mass is 246 g/mol. The number of aromatic amines is 1. The number of hydrogen-bond acceptors (Lipinski definition) is 4. The quantitative estimate of drug-likeness (QED) is 0.768. The SMILES string of the molecule is CN(C)C(C)(C)CNS(=O)(=O)c1cnc[nH]1. The van der Waals surface area contributed by atoms with Crippen LogP contribution in [0.1, 0.15) is 13.8 Å². The summed E-state index contributed by atoms with van der Waals surface area (Å²) < 4.78 is 26.1. The van der Waals surface area contributed by atoms with E-state index >= 15 is 0 Å². The molecule has 0 aliphatic rings. The highest BCUT2D eigenvalue weighted by atomic mass is 32.2. The molecule has 0 bridgehead atoms. The van der Waals surface area contributed by atoms with Crippen molar-refractivity contribution in [2.24, 2.45) is 0 Å². The molecule has 92 valence electrons. The number of imidazole rings is 1. The van der Waals surface area contributed by atoms with Gasteiger partial charge in [-0.1, -0.05) is 0 Å². The van der Waals surface area contributed by atoms with Gasteiger partial charge >= 0.3 is 0 Å². The molecule has 0 amide bonds. The lowest BCUT2D eigenvalue weighted by Crippen LogP contribution is -2.48. The Morgan fingerprint density at radius 3 is 2.56 bits per heavy atom. The molecule has 0 fully saturated rings. The molecule has 7 heteroatoms. The van der Waals surface area contributed by atoms with E-state index in [0.717, 1.165) is 0 Å². The van der Waals surface area contributed by atoms with Gasteiger partial charge in [0.05, 0.1) is 12.5 Å². The maximum absolute atomic E-state index is 11.8. The maximum Gasteiger partial charge on any atom is 0.257 e. The van der Waals surface area contributed by atoms with Gasteiger partial charge < -0.3 is 9.88 Å². The smallest absolute Gasteiger partial charge is 0.257 e. The summed E-state index contributed by atoms with van der Waals surface area (Å²) >= 11 is 0. The average molecular weight is 246 g/mol. The third-order valence-corrected chi connectivity index (χ3v) is 3.99. The van der Waals surface area contributed by atoms with Gasteiger partial charge in [0, 0.05) is 12.1 Å². The fourth-order valence-electron chi connectivity index (χ4n) is 0.898. The van der Waals surface area contributed by atoms with Crippen molar-refractivity contribution in [2.75, 3.05) is 20.6 Å². The molecule has 16 heavy (non-hydrogen) atoms. The molecule has 6 nitrogen and oxygen atoms in total. The number of sulfonamides is 1. The minimum absolute atomic E-state index is 0.0852. The van der Waals surface area contributed by atoms with Crippen LogP contribution in [-0.4, -0.2) is 49.5 Å². The third-order valence-electron chi connectivity index (χ3n) is 2.67. The Morgan fingerprint density at radius 1 is 1.50 bits per heavy atom. The molecule has 1 aromatic heterocycles. The van der Waals surface area contributed by atoms with Crippen molar-refractivity contribution in [3.63, 3.8) is 0 Å². The summed E-state index contributed by atoms with van der Waals surface area (Å²) in [6, 6.07) is 0. The van der Waals surface area contributed by atoms with Crippen LogP contribution in [0.25, 0.3) is 0 Å². The van der Waals surface area contributed by atoms with Crippen LogP contribution in [0.15, 0.2) is 17.6 Å². The third kappa shape index (κ3) is 3.03. The van der Waals surface area contributed by atoms with E-state index in [1.54, 1.807) is 0 Å². The topological polar surface area (TPSA) is 78.1 Å². The van der Waals surface area contributed by atoms with Crippen LogP contribution in [0.5, 0.6) is 0 Å². The number of likely N-dealkylation sites (N-methyl/N-ethyl adjacent to an activating group) is 1. The van der Waals surface area contributed by atoms with Gasteiger partial charge in [0.25, 0.3) is 10.0 Å². The van der Waals surface area contributed by atoms with Gasteiger partial charge in [-0.2, -0.15) is 0 Å². The number of H-pyrrole nitrogens is 1. The molecule has 0 unspecified atom stereocenters. The predicted octanol–water partition coefficient (Wildman–Crippen LogP) is 0.0282. The molecular weight excluding hydrogens is 228 g/mol. The Kier molecular flexibility index (Phi) is 3.72. The van der Waals surface area contributed by atoms with E-state index in [-0.39, 0.29) is 10.6 Å². The molecular formula is C9H18N4O2S. The van der Waals surface area contributed by atoms with Crippen molar-refractivity contribution in [1.29, 1.82) is 0 Å². The number of rotatable bonds is 5. The van der Waals surface area contributed by atoms with Crippen molar-refractivity contribution in [2.45, 2.75) is 24.4 Å². The fraction of sp³-hybridized carbons (Fsp3) is 0.667. The van der Waals surface area contributed by atoms with Crippen molar-refractivity contribution >= 4 is 10.0 Å². The molecule has 0 spiro atoms. The normalized spacial score (nSPS) is 13.3. The summed E-state index contributed by atoms with van der Waals surface area (Å²) in [5.74, 6) is 0. The minimum Gasteiger partial charge on any atom is -0.335 e. The van der Waals surface area contributed by atoms with Crippen LogP contribution < -0.4 is 4.72 Å². The lowest BCUT2D eigenvalue weighted by molar-refractivity contribution is 0.199. The zero-order valence-electron chi connectivity index (χ0n) is 9.98. The largest absolute Gasteiger partial charge is 0.335 e. The Balaban J connectivity index is 2.70. The lowest BCUT2D eigenvalue weighted by atomic mass is 10.1. The van der Waals surface area contributed by atoms with E-state index in [0.29, 0.717) is 6.54 Å². The average Bonchev–Trinajstić information content (AvgIpc) is 2.68. The van der Waals surface area contributed by atoms with Gasteiger partial charge in [0.1, 0.15) is 0 Å². The summed E-state index contributed by atoms with van der Waals surface area (Å²) in [6.45, 7) is 4.26. The second kappa shape index (κ2) is 4.52. The van der Waals surface area contributed by atoms with Crippen LogP contribution in [0, 0.1) is 0 Å². The molecule has 1 aromatic rings. The first-order valence-corrected chi connectivity index (χ1v) is 6.39. The van der Waals surface area contributed by atoms with E-state index < -0.39 is 10.0 Å². The Hall–Kier alpha value is -0.920. The highest BCUT2D eigenvalue weighted by Crippen LogP contribution is 2.10. The Morgan fingerprint density at radius 2 is 2.12 bits per heavy atom. The lowest BCUT2D eigenvalue weighted by Gasteiger charge is -2.32. The molecule has 0 aromatic carbocycles. The van der Waals surface area contributed by atoms with E-state index in [2.05, 4.69) is 14.7 Å². The predicted molar refractivity (Wildman–Crippen MR) is 61.5 cm³/mol. The van der Waals surface area contributed by atoms with Gasteiger partial charge in [0.2, 0.25) is 0 Å². The van der Waals surface area contributed by atoms with Crippen molar-refractivity contribution in [3.8, 4) is 0 Å².